The molecule has 1 heterocycles. The van der Waals surface area contributed by atoms with Crippen LogP contribution in [0.3, 0.4) is 0 Å². The summed E-state index contributed by atoms with van der Waals surface area (Å²) in [6.07, 6.45) is -1.55. The molecule has 2 N–H and O–H groups in total. The molecule has 10 heteroatoms. The fraction of sp³-hybridized carbons (Fsp3) is 0.833. The number of ether oxygens (including phenoxy) is 1. The van der Waals surface area contributed by atoms with Crippen molar-refractivity contribution in [3.63, 3.8) is 0 Å². The minimum Gasteiger partial charge on any atom is -0.479 e. The van der Waals surface area contributed by atoms with Crippen LogP contribution in [-0.4, -0.2) is 72.2 Å². The van der Waals surface area contributed by atoms with Crippen molar-refractivity contribution in [3.05, 3.63) is 0 Å². The third-order valence-electron chi connectivity index (χ3n) is 3.05. The molecule has 2 atom stereocenters. The minimum atomic E-state index is -3.83. The van der Waals surface area contributed by atoms with E-state index in [0.29, 0.717) is 0 Å². The molecule has 1 rings (SSSR count). The highest BCUT2D eigenvalue weighted by Crippen LogP contribution is 2.33. The number of carboxylic acid groups (broad SMARTS) is 1. The van der Waals surface area contributed by atoms with Crippen molar-refractivity contribution in [1.82, 2.24) is 4.90 Å². The first kappa shape index (κ1) is 18.7. The van der Waals surface area contributed by atoms with Gasteiger partial charge in [-0.25, -0.2) is 9.59 Å². The maximum absolute atomic E-state index is 12.2. The molecule has 22 heavy (non-hydrogen) atoms. The summed E-state index contributed by atoms with van der Waals surface area (Å²) in [6, 6.07) is 0. The number of aliphatic hydroxyl groups is 1. The quantitative estimate of drug-likeness (QED) is 0.673. The molecule has 0 radical (unpaired) electrons. The molecule has 1 amide bonds. The molecule has 1 fully saturated rings. The van der Waals surface area contributed by atoms with Crippen LogP contribution in [0.15, 0.2) is 0 Å². The van der Waals surface area contributed by atoms with Crippen molar-refractivity contribution >= 4 is 22.2 Å². The van der Waals surface area contributed by atoms with Gasteiger partial charge in [0.25, 0.3) is 10.1 Å². The average Bonchev–Trinajstić information content (AvgIpc) is 2.64. The lowest BCUT2D eigenvalue weighted by molar-refractivity contribution is -0.152. The number of nitrogens with zero attached hydrogens (tertiary/aromatic N) is 1. The summed E-state index contributed by atoms with van der Waals surface area (Å²) in [5.74, 6) is -1.46. The summed E-state index contributed by atoms with van der Waals surface area (Å²) >= 11 is 0. The Morgan fingerprint density at radius 2 is 1.91 bits per heavy atom. The normalized spacial score (nSPS) is 26.0. The van der Waals surface area contributed by atoms with Crippen molar-refractivity contribution in [3.8, 4) is 0 Å². The molecule has 1 aliphatic rings. The number of aliphatic carboxylic acids is 1. The van der Waals surface area contributed by atoms with Gasteiger partial charge in [0.15, 0.2) is 5.54 Å². The molecule has 0 saturated carbocycles. The van der Waals surface area contributed by atoms with Crippen LogP contribution in [0, 0.1) is 0 Å². The van der Waals surface area contributed by atoms with Gasteiger partial charge in [-0.05, 0) is 20.8 Å². The van der Waals surface area contributed by atoms with Crippen LogP contribution in [0.5, 0.6) is 0 Å². The van der Waals surface area contributed by atoms with E-state index in [1.807, 2.05) is 0 Å². The number of carbonyl (C=O) groups is 2. The van der Waals surface area contributed by atoms with E-state index in [-0.39, 0.29) is 13.0 Å². The Hall–Kier alpha value is -1.39. The highest BCUT2D eigenvalue weighted by molar-refractivity contribution is 7.86. The summed E-state index contributed by atoms with van der Waals surface area (Å²) in [6.45, 7) is 3.62. The third kappa shape index (κ3) is 4.31. The van der Waals surface area contributed by atoms with Gasteiger partial charge in [-0.15, -0.1) is 0 Å². The van der Waals surface area contributed by atoms with Crippen LogP contribution in [0.2, 0.25) is 0 Å². The minimum absolute atomic E-state index is 0.311. The summed E-state index contributed by atoms with van der Waals surface area (Å²) < 4.78 is 32.3. The van der Waals surface area contributed by atoms with Crippen LogP contribution in [0.1, 0.15) is 27.2 Å². The monoisotopic (exact) mass is 339 g/mol. The van der Waals surface area contributed by atoms with Crippen molar-refractivity contribution in [2.24, 2.45) is 0 Å². The van der Waals surface area contributed by atoms with E-state index in [1.165, 1.54) is 0 Å². The van der Waals surface area contributed by atoms with Crippen LogP contribution in [0.4, 0.5) is 4.79 Å². The fourth-order valence-corrected chi connectivity index (χ4v) is 2.85. The maximum atomic E-state index is 12.2. The predicted octanol–water partition coefficient (Wildman–Crippen LogP) is -0.212. The average molecular weight is 339 g/mol. The van der Waals surface area contributed by atoms with Gasteiger partial charge in [0, 0.05) is 6.42 Å². The number of carbonyl (C=O) groups excluding carboxylic acids is 1. The molecule has 9 nitrogen and oxygen atoms in total. The topological polar surface area (TPSA) is 130 Å². The number of carboxylic acids is 1. The zero-order valence-corrected chi connectivity index (χ0v) is 13.7. The van der Waals surface area contributed by atoms with Crippen LogP contribution >= 0.6 is 0 Å². The van der Waals surface area contributed by atoms with E-state index < -0.39 is 46.0 Å². The molecular formula is C12H21NO8S. The van der Waals surface area contributed by atoms with Crippen LogP contribution in [-0.2, 0) is 23.8 Å². The predicted molar refractivity (Wildman–Crippen MR) is 74.7 cm³/mol. The van der Waals surface area contributed by atoms with Crippen molar-refractivity contribution in [2.45, 2.75) is 44.4 Å². The highest BCUT2D eigenvalue weighted by atomic mass is 32.2. The lowest BCUT2D eigenvalue weighted by Gasteiger charge is -2.33. The molecule has 1 aliphatic heterocycles. The summed E-state index contributed by atoms with van der Waals surface area (Å²) in [5, 5.41) is 18.9. The molecule has 0 aromatic carbocycles. The number of hydrogen-bond acceptors (Lipinski definition) is 7. The number of rotatable bonds is 4. The maximum Gasteiger partial charge on any atom is 0.411 e. The summed E-state index contributed by atoms with van der Waals surface area (Å²) in [7, 11) is -3.83. The summed E-state index contributed by atoms with van der Waals surface area (Å²) in [5.41, 5.74) is -2.84. The van der Waals surface area contributed by atoms with Crippen LogP contribution < -0.4 is 0 Å². The number of likely N-dealkylation sites (tertiary alicyclic amines) is 1. The Bertz CT molecular complexity index is 552. The Balaban J connectivity index is 3.10. The second-order valence-corrected chi connectivity index (χ2v) is 7.81. The zero-order valence-electron chi connectivity index (χ0n) is 12.9. The number of aliphatic hydroxyl groups excluding tert-OH is 1. The van der Waals surface area contributed by atoms with Crippen LogP contribution in [0.25, 0.3) is 0 Å². The lowest BCUT2D eigenvalue weighted by atomic mass is 9.97. The molecule has 0 aromatic rings. The molecule has 1 saturated heterocycles. The first-order valence-corrected chi connectivity index (χ1v) is 8.35. The van der Waals surface area contributed by atoms with Gasteiger partial charge >= 0.3 is 12.1 Å². The Morgan fingerprint density at radius 3 is 2.27 bits per heavy atom. The van der Waals surface area contributed by atoms with Gasteiger partial charge in [0.1, 0.15) is 5.60 Å². The van der Waals surface area contributed by atoms with E-state index in [1.54, 1.807) is 20.8 Å². The second kappa shape index (κ2) is 6.01. The zero-order chi connectivity index (χ0) is 17.3. The van der Waals surface area contributed by atoms with Gasteiger partial charge in [-0.2, -0.15) is 8.42 Å². The van der Waals surface area contributed by atoms with E-state index in [0.717, 1.165) is 11.2 Å². The van der Waals surface area contributed by atoms with Crippen molar-refractivity contribution in [2.75, 3.05) is 19.4 Å². The van der Waals surface area contributed by atoms with E-state index in [9.17, 15) is 28.2 Å². The van der Waals surface area contributed by atoms with Gasteiger partial charge in [-0.3, -0.25) is 9.08 Å². The van der Waals surface area contributed by atoms with Gasteiger partial charge in [0.2, 0.25) is 0 Å². The number of hydrogen-bond donors (Lipinski definition) is 2. The fourth-order valence-electron chi connectivity index (χ4n) is 2.23. The molecular weight excluding hydrogens is 318 g/mol. The lowest BCUT2D eigenvalue weighted by Crippen LogP contribution is -2.56. The smallest absolute Gasteiger partial charge is 0.411 e. The number of amides is 1. The summed E-state index contributed by atoms with van der Waals surface area (Å²) in [4.78, 5) is 24.5. The molecule has 0 spiro atoms. The SMILES string of the molecule is CC(C)(C)OC(=O)N1C[C@H](OS(C)(=O)=O)C[C@]1(CO)C(=O)O. The van der Waals surface area contributed by atoms with Gasteiger partial charge < -0.3 is 14.9 Å². The molecule has 128 valence electrons. The first-order valence-electron chi connectivity index (χ1n) is 6.54. The Morgan fingerprint density at radius 1 is 1.36 bits per heavy atom. The molecule has 0 unspecified atom stereocenters. The van der Waals surface area contributed by atoms with E-state index in [4.69, 9.17) is 8.92 Å². The Labute approximate surface area is 128 Å². The third-order valence-corrected chi connectivity index (χ3v) is 3.67. The van der Waals surface area contributed by atoms with Gasteiger partial charge in [0.05, 0.1) is 25.5 Å². The Kier molecular flexibility index (Phi) is 5.10. The second-order valence-electron chi connectivity index (χ2n) is 6.21. The van der Waals surface area contributed by atoms with Crippen molar-refractivity contribution in [1.29, 1.82) is 0 Å². The van der Waals surface area contributed by atoms with Crippen molar-refractivity contribution < 1.29 is 37.1 Å². The van der Waals surface area contributed by atoms with E-state index >= 15 is 0 Å². The van der Waals surface area contributed by atoms with E-state index in [2.05, 4.69) is 0 Å². The van der Waals surface area contributed by atoms with Gasteiger partial charge in [-0.1, -0.05) is 0 Å². The largest absolute Gasteiger partial charge is 0.479 e. The molecule has 0 aliphatic carbocycles. The molecule has 0 aromatic heterocycles. The first-order chi connectivity index (χ1) is 9.81. The highest BCUT2D eigenvalue weighted by Gasteiger charge is 2.55. The molecule has 0 bridgehead atoms. The standard InChI is InChI=1S/C12H21NO8S/c1-11(2,3)20-10(17)13-6-8(21-22(4,18)19)5-12(13,7-14)9(15)16/h8,14H,5-7H2,1-4H3,(H,15,16)/t8-,12+/m1/s1.